The van der Waals surface area contributed by atoms with Gasteiger partial charge in [0.15, 0.2) is 5.78 Å². The lowest BCUT2D eigenvalue weighted by atomic mass is 9.95. The number of aryl methyl sites for hydroxylation is 2. The summed E-state index contributed by atoms with van der Waals surface area (Å²) >= 11 is 0. The zero-order valence-electron chi connectivity index (χ0n) is 16.3. The summed E-state index contributed by atoms with van der Waals surface area (Å²) in [6.07, 6.45) is 2.04. The van der Waals surface area contributed by atoms with Gasteiger partial charge in [0, 0.05) is 34.8 Å². The molecule has 0 saturated heterocycles. The molecule has 0 spiro atoms. The van der Waals surface area contributed by atoms with E-state index in [1.165, 1.54) is 0 Å². The van der Waals surface area contributed by atoms with Gasteiger partial charge in [0.1, 0.15) is 6.17 Å². The summed E-state index contributed by atoms with van der Waals surface area (Å²) in [7, 11) is 0. The molecular formula is C25H24FNO. The van der Waals surface area contributed by atoms with Crippen LogP contribution in [0.2, 0.25) is 0 Å². The summed E-state index contributed by atoms with van der Waals surface area (Å²) in [6, 6.07) is 19.8. The SMILES string of the molecule is CC[C@H](F)CCn1cc(C(=O)c2ccc(C)c3ccccc23)c2ccccc21. The van der Waals surface area contributed by atoms with Crippen LogP contribution in [0.3, 0.4) is 0 Å². The molecular weight excluding hydrogens is 349 g/mol. The van der Waals surface area contributed by atoms with Gasteiger partial charge in [-0.2, -0.15) is 0 Å². The first-order chi connectivity index (χ1) is 13.6. The molecule has 0 N–H and O–H groups in total. The van der Waals surface area contributed by atoms with E-state index in [4.69, 9.17) is 0 Å². The van der Waals surface area contributed by atoms with Crippen LogP contribution in [0.15, 0.2) is 66.9 Å². The number of hydrogen-bond donors (Lipinski definition) is 0. The highest BCUT2D eigenvalue weighted by molar-refractivity contribution is 6.21. The summed E-state index contributed by atoms with van der Waals surface area (Å²) in [5.74, 6) is 0.0124. The van der Waals surface area contributed by atoms with Crippen molar-refractivity contribution in [3.63, 3.8) is 0 Å². The molecule has 1 aromatic heterocycles. The predicted octanol–water partition coefficient (Wildman–Crippen LogP) is 6.47. The molecule has 2 nitrogen and oxygen atoms in total. The summed E-state index contributed by atoms with van der Waals surface area (Å²) in [6.45, 7) is 4.48. The van der Waals surface area contributed by atoms with Crippen molar-refractivity contribution in [1.82, 2.24) is 4.57 Å². The van der Waals surface area contributed by atoms with Crippen LogP contribution < -0.4 is 0 Å². The van der Waals surface area contributed by atoms with Crippen LogP contribution in [-0.2, 0) is 6.54 Å². The Kier molecular flexibility index (Phi) is 4.99. The molecule has 1 heterocycles. The molecule has 28 heavy (non-hydrogen) atoms. The highest BCUT2D eigenvalue weighted by atomic mass is 19.1. The molecule has 0 bridgehead atoms. The predicted molar refractivity (Wildman–Crippen MR) is 114 cm³/mol. The molecule has 0 aliphatic carbocycles. The topological polar surface area (TPSA) is 22.0 Å². The van der Waals surface area contributed by atoms with Gasteiger partial charge in [0.2, 0.25) is 0 Å². The molecule has 0 fully saturated rings. The number of rotatable bonds is 6. The number of fused-ring (bicyclic) bond motifs is 2. The van der Waals surface area contributed by atoms with Crippen molar-refractivity contribution in [3.8, 4) is 0 Å². The lowest BCUT2D eigenvalue weighted by molar-refractivity contribution is 0.104. The maximum Gasteiger partial charge on any atom is 0.195 e. The Morgan fingerprint density at radius 2 is 1.61 bits per heavy atom. The molecule has 3 aromatic carbocycles. The molecule has 1 atom stereocenters. The van der Waals surface area contributed by atoms with Crippen molar-refractivity contribution in [1.29, 1.82) is 0 Å². The zero-order chi connectivity index (χ0) is 19.7. The number of benzene rings is 3. The molecule has 0 saturated carbocycles. The van der Waals surface area contributed by atoms with Gasteiger partial charge in [-0.15, -0.1) is 0 Å². The van der Waals surface area contributed by atoms with Gasteiger partial charge in [-0.1, -0.05) is 61.5 Å². The minimum absolute atomic E-state index is 0.0124. The average molecular weight is 373 g/mol. The number of aromatic nitrogens is 1. The lowest BCUT2D eigenvalue weighted by Crippen LogP contribution is -2.05. The molecule has 0 aliphatic heterocycles. The van der Waals surface area contributed by atoms with E-state index in [0.29, 0.717) is 30.5 Å². The molecule has 0 unspecified atom stereocenters. The number of alkyl halides is 1. The van der Waals surface area contributed by atoms with Crippen LogP contribution in [0.5, 0.6) is 0 Å². The number of para-hydroxylation sites is 1. The van der Waals surface area contributed by atoms with E-state index >= 15 is 0 Å². The van der Waals surface area contributed by atoms with E-state index in [1.54, 1.807) is 0 Å². The summed E-state index contributed by atoms with van der Waals surface area (Å²) in [5, 5.41) is 2.99. The van der Waals surface area contributed by atoms with E-state index in [9.17, 15) is 9.18 Å². The van der Waals surface area contributed by atoms with Gasteiger partial charge in [0.05, 0.1) is 0 Å². The van der Waals surface area contributed by atoms with Gasteiger partial charge < -0.3 is 4.57 Å². The number of hydrogen-bond acceptors (Lipinski definition) is 1. The summed E-state index contributed by atoms with van der Waals surface area (Å²) in [5.41, 5.74) is 3.52. The quantitative estimate of drug-likeness (QED) is 0.355. The van der Waals surface area contributed by atoms with E-state index in [0.717, 1.165) is 27.2 Å². The van der Waals surface area contributed by atoms with Crippen LogP contribution in [0.25, 0.3) is 21.7 Å². The Morgan fingerprint density at radius 3 is 2.36 bits per heavy atom. The zero-order valence-corrected chi connectivity index (χ0v) is 16.3. The third-order valence-electron chi connectivity index (χ3n) is 5.55. The Morgan fingerprint density at radius 1 is 0.929 bits per heavy atom. The number of nitrogens with zero attached hydrogens (tertiary/aromatic N) is 1. The lowest BCUT2D eigenvalue weighted by Gasteiger charge is -2.08. The van der Waals surface area contributed by atoms with E-state index in [2.05, 4.69) is 13.0 Å². The van der Waals surface area contributed by atoms with Crippen molar-refractivity contribution in [2.75, 3.05) is 0 Å². The van der Waals surface area contributed by atoms with Crippen LogP contribution in [0.1, 0.15) is 41.3 Å². The minimum atomic E-state index is -0.818. The second-order valence-corrected chi connectivity index (χ2v) is 7.35. The van der Waals surface area contributed by atoms with Crippen LogP contribution in [-0.4, -0.2) is 16.5 Å². The first-order valence-electron chi connectivity index (χ1n) is 9.85. The Bertz CT molecular complexity index is 1160. The van der Waals surface area contributed by atoms with Gasteiger partial charge >= 0.3 is 0 Å². The van der Waals surface area contributed by atoms with E-state index in [1.807, 2.05) is 72.3 Å². The molecule has 0 amide bonds. The summed E-state index contributed by atoms with van der Waals surface area (Å²) < 4.78 is 15.8. The molecule has 4 rings (SSSR count). The van der Waals surface area contributed by atoms with E-state index in [-0.39, 0.29) is 5.78 Å². The average Bonchev–Trinajstić information content (AvgIpc) is 3.11. The molecule has 0 radical (unpaired) electrons. The Balaban J connectivity index is 1.82. The van der Waals surface area contributed by atoms with Crippen molar-refractivity contribution in [2.24, 2.45) is 0 Å². The minimum Gasteiger partial charge on any atom is -0.347 e. The molecule has 0 aliphatic rings. The highest BCUT2D eigenvalue weighted by Gasteiger charge is 2.19. The maximum atomic E-state index is 13.8. The van der Waals surface area contributed by atoms with Crippen LogP contribution >= 0.6 is 0 Å². The second kappa shape index (κ2) is 7.59. The second-order valence-electron chi connectivity index (χ2n) is 7.35. The number of carbonyl (C=O) groups excluding carboxylic acids is 1. The van der Waals surface area contributed by atoms with Gasteiger partial charge in [-0.05, 0) is 42.2 Å². The van der Waals surface area contributed by atoms with Crippen molar-refractivity contribution in [2.45, 2.75) is 39.4 Å². The number of ketones is 1. The van der Waals surface area contributed by atoms with Crippen LogP contribution in [0, 0.1) is 6.92 Å². The standard InChI is InChI=1S/C25H24FNO/c1-3-18(26)14-15-27-16-23(21-10-6-7-11-24(21)27)25(28)22-13-12-17(2)19-8-4-5-9-20(19)22/h4-13,16,18H,3,14-15H2,1-2H3/t18-/m0/s1. The first-order valence-corrected chi connectivity index (χ1v) is 9.85. The Hall–Kier alpha value is -2.94. The maximum absolute atomic E-state index is 13.8. The van der Waals surface area contributed by atoms with Crippen molar-refractivity contribution >= 4 is 27.5 Å². The normalized spacial score (nSPS) is 12.5. The van der Waals surface area contributed by atoms with Crippen molar-refractivity contribution in [3.05, 3.63) is 83.6 Å². The van der Waals surface area contributed by atoms with Crippen LogP contribution in [0.4, 0.5) is 4.39 Å². The number of halogens is 1. The molecule has 142 valence electrons. The fourth-order valence-corrected chi connectivity index (χ4v) is 3.89. The largest absolute Gasteiger partial charge is 0.347 e. The summed E-state index contributed by atoms with van der Waals surface area (Å²) in [4.78, 5) is 13.5. The fourth-order valence-electron chi connectivity index (χ4n) is 3.89. The Labute approximate surface area is 164 Å². The monoisotopic (exact) mass is 373 g/mol. The third-order valence-corrected chi connectivity index (χ3v) is 5.55. The third kappa shape index (κ3) is 3.22. The van der Waals surface area contributed by atoms with Gasteiger partial charge in [-0.3, -0.25) is 4.79 Å². The van der Waals surface area contributed by atoms with Crippen molar-refractivity contribution < 1.29 is 9.18 Å². The molecule has 3 heteroatoms. The van der Waals surface area contributed by atoms with Gasteiger partial charge in [-0.25, -0.2) is 4.39 Å². The fraction of sp³-hybridized carbons (Fsp3) is 0.240. The molecule has 4 aromatic rings. The van der Waals surface area contributed by atoms with Gasteiger partial charge in [0.25, 0.3) is 0 Å². The number of carbonyl (C=O) groups is 1. The highest BCUT2D eigenvalue weighted by Crippen LogP contribution is 2.29. The van der Waals surface area contributed by atoms with E-state index < -0.39 is 6.17 Å². The smallest absolute Gasteiger partial charge is 0.195 e. The first kappa shape index (κ1) is 18.4.